The van der Waals surface area contributed by atoms with E-state index in [0.29, 0.717) is 0 Å². The molecule has 0 spiro atoms. The minimum absolute atomic E-state index is 0.993. The predicted molar refractivity (Wildman–Crippen MR) is 49.3 cm³/mol. The summed E-state index contributed by atoms with van der Waals surface area (Å²) in [5.74, 6) is 0. The summed E-state index contributed by atoms with van der Waals surface area (Å²) in [6.45, 7) is 6.63. The van der Waals surface area contributed by atoms with E-state index in [0.717, 1.165) is 39.3 Å². The molecule has 1 N–H and O–H groups in total. The third kappa shape index (κ3) is 2.50. The largest absolute Gasteiger partial charge is 0.319 e. The molecular formula is C8H15N5. The van der Waals surface area contributed by atoms with Gasteiger partial charge in [0.1, 0.15) is 12.7 Å². The molecule has 0 amide bonds. The van der Waals surface area contributed by atoms with Gasteiger partial charge >= 0.3 is 0 Å². The van der Waals surface area contributed by atoms with E-state index in [1.807, 2.05) is 4.57 Å². The van der Waals surface area contributed by atoms with Crippen molar-refractivity contribution >= 4 is 0 Å². The number of aromatic nitrogens is 3. The Labute approximate surface area is 77.8 Å². The molecular weight excluding hydrogens is 166 g/mol. The van der Waals surface area contributed by atoms with Crippen molar-refractivity contribution in [2.45, 2.75) is 6.54 Å². The quantitative estimate of drug-likeness (QED) is 0.662. The van der Waals surface area contributed by atoms with Gasteiger partial charge in [-0.1, -0.05) is 0 Å². The fourth-order valence-corrected chi connectivity index (χ4v) is 1.53. The summed E-state index contributed by atoms with van der Waals surface area (Å²) < 4.78 is 2.02. The predicted octanol–water partition coefficient (Wildman–Crippen LogP) is -0.817. The van der Waals surface area contributed by atoms with Crippen LogP contribution < -0.4 is 5.32 Å². The van der Waals surface area contributed by atoms with Crippen molar-refractivity contribution in [3.8, 4) is 0 Å². The van der Waals surface area contributed by atoms with Crippen molar-refractivity contribution in [3.05, 3.63) is 12.7 Å². The van der Waals surface area contributed by atoms with Crippen molar-refractivity contribution in [1.82, 2.24) is 25.0 Å². The maximum absolute atomic E-state index is 3.77. The van der Waals surface area contributed by atoms with Crippen molar-refractivity contribution in [2.75, 3.05) is 32.7 Å². The van der Waals surface area contributed by atoms with E-state index >= 15 is 0 Å². The Morgan fingerprint density at radius 3 is 2.46 bits per heavy atom. The number of hydrogen-bond acceptors (Lipinski definition) is 4. The Morgan fingerprint density at radius 2 is 1.77 bits per heavy atom. The molecule has 1 aromatic rings. The van der Waals surface area contributed by atoms with Gasteiger partial charge in [0.2, 0.25) is 0 Å². The summed E-state index contributed by atoms with van der Waals surface area (Å²) in [7, 11) is 0. The SMILES string of the molecule is c1nncn1CCN1CCNCC1. The van der Waals surface area contributed by atoms with Crippen LogP contribution in [0.1, 0.15) is 0 Å². The van der Waals surface area contributed by atoms with Gasteiger partial charge in [-0.15, -0.1) is 10.2 Å². The molecule has 0 unspecified atom stereocenters. The lowest BCUT2D eigenvalue weighted by Gasteiger charge is -2.26. The number of piperazine rings is 1. The maximum atomic E-state index is 3.77. The Morgan fingerprint density at radius 1 is 1.08 bits per heavy atom. The van der Waals surface area contributed by atoms with E-state index in [4.69, 9.17) is 0 Å². The summed E-state index contributed by atoms with van der Waals surface area (Å²) in [6.07, 6.45) is 3.53. The molecule has 0 saturated carbocycles. The highest BCUT2D eigenvalue weighted by Gasteiger charge is 2.08. The van der Waals surface area contributed by atoms with Crippen LogP contribution in [0.5, 0.6) is 0 Å². The van der Waals surface area contributed by atoms with Gasteiger partial charge in [0, 0.05) is 39.3 Å². The van der Waals surface area contributed by atoms with Crippen LogP contribution >= 0.6 is 0 Å². The van der Waals surface area contributed by atoms with Crippen LogP contribution in [-0.4, -0.2) is 52.4 Å². The van der Waals surface area contributed by atoms with Crippen molar-refractivity contribution in [1.29, 1.82) is 0 Å². The number of nitrogens with zero attached hydrogens (tertiary/aromatic N) is 4. The van der Waals surface area contributed by atoms with E-state index in [-0.39, 0.29) is 0 Å². The van der Waals surface area contributed by atoms with Gasteiger partial charge in [-0.25, -0.2) is 0 Å². The number of hydrogen-bond donors (Lipinski definition) is 1. The van der Waals surface area contributed by atoms with Gasteiger partial charge < -0.3 is 9.88 Å². The first-order chi connectivity index (χ1) is 6.45. The number of rotatable bonds is 3. The van der Waals surface area contributed by atoms with Crippen LogP contribution in [0, 0.1) is 0 Å². The van der Waals surface area contributed by atoms with Crippen molar-refractivity contribution in [2.24, 2.45) is 0 Å². The Balaban J connectivity index is 1.72. The minimum atomic E-state index is 0.993. The zero-order chi connectivity index (χ0) is 8.93. The lowest BCUT2D eigenvalue weighted by atomic mass is 10.3. The monoisotopic (exact) mass is 181 g/mol. The fourth-order valence-electron chi connectivity index (χ4n) is 1.53. The average molecular weight is 181 g/mol. The van der Waals surface area contributed by atoms with Crippen LogP contribution in [0.2, 0.25) is 0 Å². The number of nitrogens with one attached hydrogen (secondary N) is 1. The lowest BCUT2D eigenvalue weighted by Crippen LogP contribution is -2.44. The first-order valence-corrected chi connectivity index (χ1v) is 4.70. The van der Waals surface area contributed by atoms with E-state index < -0.39 is 0 Å². The van der Waals surface area contributed by atoms with E-state index in [9.17, 15) is 0 Å². The third-order valence-corrected chi connectivity index (χ3v) is 2.35. The standard InChI is InChI=1S/C8H15N5/c1-3-12(4-2-9-1)5-6-13-7-10-11-8-13/h7-9H,1-6H2. The van der Waals surface area contributed by atoms with E-state index in [1.54, 1.807) is 12.7 Å². The maximum Gasteiger partial charge on any atom is 0.119 e. The first-order valence-electron chi connectivity index (χ1n) is 4.70. The lowest BCUT2D eigenvalue weighted by molar-refractivity contribution is 0.232. The highest BCUT2D eigenvalue weighted by molar-refractivity contribution is 4.69. The summed E-state index contributed by atoms with van der Waals surface area (Å²) in [5.41, 5.74) is 0. The first kappa shape index (κ1) is 8.65. The van der Waals surface area contributed by atoms with E-state index in [1.165, 1.54) is 0 Å². The Kier molecular flexibility index (Phi) is 2.89. The molecule has 0 aliphatic carbocycles. The molecule has 72 valence electrons. The second kappa shape index (κ2) is 4.34. The summed E-state index contributed by atoms with van der Waals surface area (Å²) in [6, 6.07) is 0. The van der Waals surface area contributed by atoms with Crippen molar-refractivity contribution < 1.29 is 0 Å². The molecule has 1 fully saturated rings. The fraction of sp³-hybridized carbons (Fsp3) is 0.750. The molecule has 1 aliphatic heterocycles. The van der Waals surface area contributed by atoms with Gasteiger partial charge in [-0.2, -0.15) is 0 Å². The molecule has 5 nitrogen and oxygen atoms in total. The third-order valence-electron chi connectivity index (χ3n) is 2.35. The Bertz CT molecular complexity index is 227. The van der Waals surface area contributed by atoms with Crippen LogP contribution in [0.3, 0.4) is 0 Å². The van der Waals surface area contributed by atoms with Crippen molar-refractivity contribution in [3.63, 3.8) is 0 Å². The summed E-state index contributed by atoms with van der Waals surface area (Å²) >= 11 is 0. The summed E-state index contributed by atoms with van der Waals surface area (Å²) in [4.78, 5) is 2.45. The average Bonchev–Trinajstić information content (AvgIpc) is 2.69. The minimum Gasteiger partial charge on any atom is -0.319 e. The van der Waals surface area contributed by atoms with Gasteiger partial charge in [0.15, 0.2) is 0 Å². The van der Waals surface area contributed by atoms with Gasteiger partial charge in [-0.05, 0) is 0 Å². The summed E-state index contributed by atoms with van der Waals surface area (Å²) in [5, 5.41) is 10.9. The van der Waals surface area contributed by atoms with Gasteiger partial charge in [0.05, 0.1) is 0 Å². The highest BCUT2D eigenvalue weighted by atomic mass is 15.3. The topological polar surface area (TPSA) is 46.0 Å². The molecule has 13 heavy (non-hydrogen) atoms. The molecule has 5 heteroatoms. The highest BCUT2D eigenvalue weighted by Crippen LogP contribution is 1.93. The van der Waals surface area contributed by atoms with Gasteiger partial charge in [-0.3, -0.25) is 4.90 Å². The van der Waals surface area contributed by atoms with Crippen LogP contribution in [0.25, 0.3) is 0 Å². The van der Waals surface area contributed by atoms with E-state index in [2.05, 4.69) is 20.4 Å². The molecule has 1 saturated heterocycles. The normalized spacial score (nSPS) is 19.1. The van der Waals surface area contributed by atoms with Gasteiger partial charge in [0.25, 0.3) is 0 Å². The second-order valence-electron chi connectivity index (χ2n) is 3.29. The molecule has 2 heterocycles. The molecule has 0 atom stereocenters. The zero-order valence-corrected chi connectivity index (χ0v) is 7.69. The van der Waals surface area contributed by atoms with Crippen LogP contribution in [0.15, 0.2) is 12.7 Å². The second-order valence-corrected chi connectivity index (χ2v) is 3.29. The molecule has 2 rings (SSSR count). The zero-order valence-electron chi connectivity index (χ0n) is 7.69. The van der Waals surface area contributed by atoms with Crippen LogP contribution in [-0.2, 0) is 6.54 Å². The molecule has 0 aromatic carbocycles. The molecule has 1 aliphatic rings. The molecule has 1 aromatic heterocycles. The van der Waals surface area contributed by atoms with Crippen LogP contribution in [0.4, 0.5) is 0 Å². The Hall–Kier alpha value is -0.940. The molecule has 0 bridgehead atoms. The smallest absolute Gasteiger partial charge is 0.119 e. The molecule has 0 radical (unpaired) electrons.